The summed E-state index contributed by atoms with van der Waals surface area (Å²) in [5, 5.41) is 0. The van der Waals surface area contributed by atoms with Gasteiger partial charge in [-0.15, -0.1) is 0 Å². The van der Waals surface area contributed by atoms with Crippen molar-refractivity contribution in [3.8, 4) is 0 Å². The van der Waals surface area contributed by atoms with Gasteiger partial charge in [0, 0.05) is 20.5 Å². The molecule has 0 unspecified atom stereocenters. The van der Waals surface area contributed by atoms with Crippen molar-refractivity contribution in [1.82, 2.24) is 4.90 Å². The van der Waals surface area contributed by atoms with E-state index in [2.05, 4.69) is 20.8 Å². The van der Waals surface area contributed by atoms with Crippen LogP contribution in [0.4, 0.5) is 0 Å². The molecule has 2 nitrogen and oxygen atoms in total. The molecule has 120 valence electrons. The molecule has 0 spiro atoms. The zero-order valence-corrected chi connectivity index (χ0v) is 14.6. The fourth-order valence-electron chi connectivity index (χ4n) is 2.78. The quantitative estimate of drug-likeness (QED) is 0.438. The van der Waals surface area contributed by atoms with E-state index in [0.29, 0.717) is 5.91 Å². The van der Waals surface area contributed by atoms with E-state index in [-0.39, 0.29) is 5.41 Å². The molecule has 0 N–H and O–H groups in total. The number of amides is 1. The molecule has 2 heteroatoms. The molecule has 0 aromatic rings. The van der Waals surface area contributed by atoms with Crippen LogP contribution in [0, 0.1) is 5.41 Å². The fraction of sp³-hybridized carbons (Fsp3) is 0.944. The molecule has 20 heavy (non-hydrogen) atoms. The number of hydrogen-bond acceptors (Lipinski definition) is 1. The predicted octanol–water partition coefficient (Wildman–Crippen LogP) is 5.41. The molecular formula is C18H37NO. The van der Waals surface area contributed by atoms with Gasteiger partial charge in [0.15, 0.2) is 0 Å². The molecule has 0 rings (SSSR count). The summed E-state index contributed by atoms with van der Waals surface area (Å²) in [6, 6.07) is 0. The van der Waals surface area contributed by atoms with Crippen LogP contribution in [0.25, 0.3) is 0 Å². The molecule has 0 saturated heterocycles. The van der Waals surface area contributed by atoms with Gasteiger partial charge in [-0.25, -0.2) is 0 Å². The van der Waals surface area contributed by atoms with Gasteiger partial charge < -0.3 is 4.90 Å². The van der Waals surface area contributed by atoms with Crippen molar-refractivity contribution in [2.75, 3.05) is 14.1 Å². The van der Waals surface area contributed by atoms with Gasteiger partial charge in [0.1, 0.15) is 0 Å². The Morgan fingerprint density at radius 3 is 1.65 bits per heavy atom. The maximum absolute atomic E-state index is 12.1. The Kier molecular flexibility index (Phi) is 10.9. The SMILES string of the molecule is CCCCCCC(C)(CCCCCC)CC(=O)N(C)C. The lowest BCUT2D eigenvalue weighted by Gasteiger charge is -2.30. The topological polar surface area (TPSA) is 20.3 Å². The van der Waals surface area contributed by atoms with Crippen LogP contribution in [0.3, 0.4) is 0 Å². The summed E-state index contributed by atoms with van der Waals surface area (Å²) in [7, 11) is 3.74. The Labute approximate surface area is 127 Å². The van der Waals surface area contributed by atoms with E-state index in [1.807, 2.05) is 14.1 Å². The smallest absolute Gasteiger partial charge is 0.222 e. The van der Waals surface area contributed by atoms with Crippen LogP contribution in [-0.4, -0.2) is 24.9 Å². The number of hydrogen-bond donors (Lipinski definition) is 0. The van der Waals surface area contributed by atoms with Crippen molar-refractivity contribution < 1.29 is 4.79 Å². The number of carbonyl (C=O) groups is 1. The molecule has 0 saturated carbocycles. The van der Waals surface area contributed by atoms with Gasteiger partial charge in [0.2, 0.25) is 5.91 Å². The molecule has 0 aromatic carbocycles. The van der Waals surface area contributed by atoms with Gasteiger partial charge in [-0.1, -0.05) is 72.1 Å². The lowest BCUT2D eigenvalue weighted by atomic mass is 9.76. The summed E-state index contributed by atoms with van der Waals surface area (Å²) in [5.41, 5.74) is 0.211. The van der Waals surface area contributed by atoms with Crippen LogP contribution >= 0.6 is 0 Å². The molecule has 0 fully saturated rings. The first-order chi connectivity index (χ1) is 9.45. The molecule has 0 aliphatic carbocycles. The highest BCUT2D eigenvalue weighted by molar-refractivity contribution is 5.76. The maximum atomic E-state index is 12.1. The molecule has 1 amide bonds. The van der Waals surface area contributed by atoms with Gasteiger partial charge in [-0.2, -0.15) is 0 Å². The molecule has 0 radical (unpaired) electrons. The molecular weight excluding hydrogens is 246 g/mol. The molecule has 0 aliphatic rings. The fourth-order valence-corrected chi connectivity index (χ4v) is 2.78. The zero-order chi connectivity index (χ0) is 15.4. The molecule has 0 heterocycles. The van der Waals surface area contributed by atoms with Crippen LogP contribution in [-0.2, 0) is 4.79 Å². The Bertz CT molecular complexity index is 236. The number of carbonyl (C=O) groups excluding carboxylic acids is 1. The van der Waals surface area contributed by atoms with Gasteiger partial charge in [0.05, 0.1) is 0 Å². The minimum atomic E-state index is 0.211. The van der Waals surface area contributed by atoms with Crippen LogP contribution < -0.4 is 0 Å². The highest BCUT2D eigenvalue weighted by Crippen LogP contribution is 2.35. The van der Waals surface area contributed by atoms with Crippen molar-refractivity contribution >= 4 is 5.91 Å². The van der Waals surface area contributed by atoms with Crippen molar-refractivity contribution in [2.24, 2.45) is 5.41 Å². The third kappa shape index (κ3) is 9.39. The second-order valence-electron chi connectivity index (χ2n) is 6.90. The summed E-state index contributed by atoms with van der Waals surface area (Å²) in [4.78, 5) is 13.8. The third-order valence-corrected chi connectivity index (χ3v) is 4.34. The molecule has 0 aliphatic heterocycles. The van der Waals surface area contributed by atoms with Crippen molar-refractivity contribution in [2.45, 2.75) is 91.4 Å². The molecule has 0 bridgehead atoms. The van der Waals surface area contributed by atoms with E-state index in [9.17, 15) is 4.79 Å². The average molecular weight is 283 g/mol. The van der Waals surface area contributed by atoms with E-state index in [1.165, 1.54) is 64.2 Å². The van der Waals surface area contributed by atoms with Gasteiger partial charge in [-0.3, -0.25) is 4.79 Å². The monoisotopic (exact) mass is 283 g/mol. The highest BCUT2D eigenvalue weighted by Gasteiger charge is 2.27. The van der Waals surface area contributed by atoms with Gasteiger partial charge >= 0.3 is 0 Å². The Balaban J connectivity index is 4.29. The lowest BCUT2D eigenvalue weighted by molar-refractivity contribution is -0.131. The lowest BCUT2D eigenvalue weighted by Crippen LogP contribution is -2.29. The van der Waals surface area contributed by atoms with E-state index in [4.69, 9.17) is 0 Å². The van der Waals surface area contributed by atoms with Crippen molar-refractivity contribution in [3.05, 3.63) is 0 Å². The summed E-state index contributed by atoms with van der Waals surface area (Å²) in [6.07, 6.45) is 13.5. The summed E-state index contributed by atoms with van der Waals surface area (Å²) < 4.78 is 0. The minimum Gasteiger partial charge on any atom is -0.349 e. The maximum Gasteiger partial charge on any atom is 0.222 e. The molecule has 0 atom stereocenters. The predicted molar refractivity (Wildman–Crippen MR) is 88.9 cm³/mol. The van der Waals surface area contributed by atoms with Crippen LogP contribution in [0.5, 0.6) is 0 Å². The van der Waals surface area contributed by atoms with Gasteiger partial charge in [-0.05, 0) is 18.3 Å². The van der Waals surface area contributed by atoms with Crippen molar-refractivity contribution in [1.29, 1.82) is 0 Å². The molecule has 0 aromatic heterocycles. The second kappa shape index (κ2) is 11.2. The Morgan fingerprint density at radius 1 is 0.850 bits per heavy atom. The Morgan fingerprint density at radius 2 is 1.30 bits per heavy atom. The summed E-state index contributed by atoms with van der Waals surface area (Å²) >= 11 is 0. The zero-order valence-electron chi connectivity index (χ0n) is 14.6. The largest absolute Gasteiger partial charge is 0.349 e. The third-order valence-electron chi connectivity index (χ3n) is 4.34. The minimum absolute atomic E-state index is 0.211. The second-order valence-corrected chi connectivity index (χ2v) is 6.90. The summed E-state index contributed by atoms with van der Waals surface area (Å²) in [6.45, 7) is 6.82. The number of unbranched alkanes of at least 4 members (excludes halogenated alkanes) is 6. The van der Waals surface area contributed by atoms with E-state index < -0.39 is 0 Å². The standard InChI is InChI=1S/C18H37NO/c1-6-8-10-12-14-18(3,15-13-11-9-7-2)16-17(20)19(4)5/h6-16H2,1-5H3. The number of nitrogens with zero attached hydrogens (tertiary/aromatic N) is 1. The van der Waals surface area contributed by atoms with Crippen LogP contribution in [0.2, 0.25) is 0 Å². The van der Waals surface area contributed by atoms with E-state index in [0.717, 1.165) is 6.42 Å². The van der Waals surface area contributed by atoms with Gasteiger partial charge in [0.25, 0.3) is 0 Å². The van der Waals surface area contributed by atoms with E-state index in [1.54, 1.807) is 4.90 Å². The first kappa shape index (κ1) is 19.5. The first-order valence-electron chi connectivity index (χ1n) is 8.65. The normalized spacial score (nSPS) is 11.7. The average Bonchev–Trinajstić information content (AvgIpc) is 2.40. The highest BCUT2D eigenvalue weighted by atomic mass is 16.2. The van der Waals surface area contributed by atoms with Crippen molar-refractivity contribution in [3.63, 3.8) is 0 Å². The van der Waals surface area contributed by atoms with Crippen LogP contribution in [0.15, 0.2) is 0 Å². The first-order valence-corrected chi connectivity index (χ1v) is 8.65. The van der Waals surface area contributed by atoms with Crippen LogP contribution in [0.1, 0.15) is 91.4 Å². The number of rotatable bonds is 12. The van der Waals surface area contributed by atoms with E-state index >= 15 is 0 Å². The Hall–Kier alpha value is -0.530. The summed E-state index contributed by atoms with van der Waals surface area (Å²) in [5.74, 6) is 0.290.